The SMILES string of the molecule is CSCC(C)(O)CNC(=O)[C@@H](N)CC(C)C. The number of thioether (sulfide) groups is 1. The molecular weight excluding hydrogens is 224 g/mol. The summed E-state index contributed by atoms with van der Waals surface area (Å²) in [5, 5.41) is 12.5. The molecule has 0 radical (unpaired) electrons. The van der Waals surface area contributed by atoms with Gasteiger partial charge in [0.05, 0.1) is 11.6 Å². The third-order valence-electron chi connectivity index (χ3n) is 2.16. The first kappa shape index (κ1) is 15.7. The Bertz CT molecular complexity index is 220. The number of amides is 1. The number of aliphatic hydroxyl groups is 1. The maximum Gasteiger partial charge on any atom is 0.237 e. The molecule has 0 spiro atoms. The monoisotopic (exact) mass is 248 g/mol. The first-order valence-corrected chi connectivity index (χ1v) is 6.92. The molecule has 0 aromatic heterocycles. The Morgan fingerprint density at radius 2 is 2.12 bits per heavy atom. The predicted molar refractivity (Wildman–Crippen MR) is 69.4 cm³/mol. The topological polar surface area (TPSA) is 75.3 Å². The highest BCUT2D eigenvalue weighted by Gasteiger charge is 2.22. The highest BCUT2D eigenvalue weighted by atomic mass is 32.2. The van der Waals surface area contributed by atoms with E-state index in [0.717, 1.165) is 0 Å². The highest BCUT2D eigenvalue weighted by molar-refractivity contribution is 7.98. The minimum absolute atomic E-state index is 0.185. The first-order chi connectivity index (χ1) is 7.28. The average molecular weight is 248 g/mol. The fourth-order valence-electron chi connectivity index (χ4n) is 1.39. The van der Waals surface area contributed by atoms with Gasteiger partial charge in [-0.1, -0.05) is 13.8 Å². The molecule has 0 fully saturated rings. The van der Waals surface area contributed by atoms with Crippen LogP contribution in [0, 0.1) is 5.92 Å². The molecule has 0 aliphatic heterocycles. The maximum atomic E-state index is 11.6. The van der Waals surface area contributed by atoms with Crippen LogP contribution in [0.2, 0.25) is 0 Å². The van der Waals surface area contributed by atoms with E-state index >= 15 is 0 Å². The van der Waals surface area contributed by atoms with Gasteiger partial charge in [0.15, 0.2) is 0 Å². The Kier molecular flexibility index (Phi) is 7.03. The maximum absolute atomic E-state index is 11.6. The third kappa shape index (κ3) is 7.09. The zero-order chi connectivity index (χ0) is 12.8. The summed E-state index contributed by atoms with van der Waals surface area (Å²) in [5.74, 6) is 0.801. The first-order valence-electron chi connectivity index (χ1n) is 5.53. The van der Waals surface area contributed by atoms with Gasteiger partial charge in [-0.05, 0) is 25.5 Å². The summed E-state index contributed by atoms with van der Waals surface area (Å²) in [7, 11) is 0. The third-order valence-corrected chi connectivity index (χ3v) is 3.07. The molecule has 0 heterocycles. The number of rotatable bonds is 7. The van der Waals surface area contributed by atoms with Crippen LogP contribution in [0.1, 0.15) is 27.2 Å². The second-order valence-electron chi connectivity index (χ2n) is 4.88. The fraction of sp³-hybridized carbons (Fsp3) is 0.909. The van der Waals surface area contributed by atoms with Crippen LogP contribution < -0.4 is 11.1 Å². The molecule has 0 aliphatic rings. The van der Waals surface area contributed by atoms with Crippen molar-refractivity contribution in [2.75, 3.05) is 18.6 Å². The van der Waals surface area contributed by atoms with Crippen LogP contribution in [-0.4, -0.2) is 41.2 Å². The minimum Gasteiger partial charge on any atom is -0.387 e. The Labute approximate surface area is 102 Å². The van der Waals surface area contributed by atoms with Gasteiger partial charge >= 0.3 is 0 Å². The molecule has 0 aromatic rings. The number of carbonyl (C=O) groups is 1. The molecule has 0 bridgehead atoms. The van der Waals surface area contributed by atoms with Crippen LogP contribution in [0.15, 0.2) is 0 Å². The zero-order valence-electron chi connectivity index (χ0n) is 10.6. The van der Waals surface area contributed by atoms with E-state index in [4.69, 9.17) is 5.73 Å². The summed E-state index contributed by atoms with van der Waals surface area (Å²) in [6.45, 7) is 6.00. The van der Waals surface area contributed by atoms with Crippen LogP contribution >= 0.6 is 11.8 Å². The lowest BCUT2D eigenvalue weighted by molar-refractivity contribution is -0.123. The van der Waals surface area contributed by atoms with Crippen LogP contribution in [-0.2, 0) is 4.79 Å². The van der Waals surface area contributed by atoms with E-state index < -0.39 is 11.6 Å². The van der Waals surface area contributed by atoms with Gasteiger partial charge < -0.3 is 16.2 Å². The van der Waals surface area contributed by atoms with Gasteiger partial charge in [0.1, 0.15) is 0 Å². The van der Waals surface area contributed by atoms with E-state index in [-0.39, 0.29) is 12.5 Å². The van der Waals surface area contributed by atoms with E-state index in [0.29, 0.717) is 18.1 Å². The molecule has 0 rings (SSSR count). The van der Waals surface area contributed by atoms with E-state index in [2.05, 4.69) is 5.32 Å². The Balaban J connectivity index is 3.97. The van der Waals surface area contributed by atoms with Crippen molar-refractivity contribution in [2.45, 2.75) is 38.8 Å². The van der Waals surface area contributed by atoms with Crippen molar-refractivity contribution in [1.82, 2.24) is 5.32 Å². The smallest absolute Gasteiger partial charge is 0.237 e. The van der Waals surface area contributed by atoms with Crippen LogP contribution in [0.25, 0.3) is 0 Å². The molecule has 4 N–H and O–H groups in total. The molecule has 5 heteroatoms. The highest BCUT2D eigenvalue weighted by Crippen LogP contribution is 2.09. The van der Waals surface area contributed by atoms with Crippen LogP contribution in [0.3, 0.4) is 0 Å². The fourth-order valence-corrected chi connectivity index (χ4v) is 2.11. The lowest BCUT2D eigenvalue weighted by Crippen LogP contribution is -2.48. The zero-order valence-corrected chi connectivity index (χ0v) is 11.4. The second kappa shape index (κ2) is 7.14. The molecule has 2 atom stereocenters. The summed E-state index contributed by atoms with van der Waals surface area (Å²) in [6, 6.07) is -0.481. The van der Waals surface area contributed by atoms with E-state index in [1.165, 1.54) is 0 Å². The van der Waals surface area contributed by atoms with Crippen molar-refractivity contribution in [3.63, 3.8) is 0 Å². The molecular formula is C11H24N2O2S. The van der Waals surface area contributed by atoms with Crippen molar-refractivity contribution in [3.8, 4) is 0 Å². The van der Waals surface area contributed by atoms with Crippen LogP contribution in [0.4, 0.5) is 0 Å². The number of hydrogen-bond donors (Lipinski definition) is 3. The number of carbonyl (C=O) groups excluding carboxylic acids is 1. The number of hydrogen-bond acceptors (Lipinski definition) is 4. The van der Waals surface area contributed by atoms with Crippen LogP contribution in [0.5, 0.6) is 0 Å². The van der Waals surface area contributed by atoms with E-state index in [1.807, 2.05) is 20.1 Å². The average Bonchev–Trinajstić information content (AvgIpc) is 2.13. The minimum atomic E-state index is -0.868. The van der Waals surface area contributed by atoms with Crippen molar-refractivity contribution in [1.29, 1.82) is 0 Å². The van der Waals surface area contributed by atoms with Crippen molar-refractivity contribution in [3.05, 3.63) is 0 Å². The van der Waals surface area contributed by atoms with Gasteiger partial charge in [-0.3, -0.25) is 4.79 Å². The molecule has 0 aliphatic carbocycles. The molecule has 1 amide bonds. The predicted octanol–water partition coefficient (Wildman–Crippen LogP) is 0.590. The quantitative estimate of drug-likeness (QED) is 0.616. The lowest BCUT2D eigenvalue weighted by atomic mass is 10.0. The van der Waals surface area contributed by atoms with Gasteiger partial charge in [0.2, 0.25) is 5.91 Å². The Morgan fingerprint density at radius 1 is 1.56 bits per heavy atom. The van der Waals surface area contributed by atoms with Gasteiger partial charge in [-0.15, -0.1) is 0 Å². The molecule has 4 nitrogen and oxygen atoms in total. The van der Waals surface area contributed by atoms with Gasteiger partial charge in [-0.25, -0.2) is 0 Å². The van der Waals surface area contributed by atoms with Gasteiger partial charge in [0.25, 0.3) is 0 Å². The molecule has 0 aromatic carbocycles. The Hall–Kier alpha value is -0.260. The van der Waals surface area contributed by atoms with E-state index in [1.54, 1.807) is 18.7 Å². The molecule has 96 valence electrons. The summed E-state index contributed by atoms with van der Waals surface area (Å²) >= 11 is 1.55. The van der Waals surface area contributed by atoms with Crippen molar-refractivity contribution >= 4 is 17.7 Å². The normalized spacial score (nSPS) is 16.9. The standard InChI is InChI=1S/C11H24N2O2S/c1-8(2)5-9(12)10(14)13-6-11(3,15)7-16-4/h8-9,15H,5-7,12H2,1-4H3,(H,13,14)/t9-,11?/m0/s1. The van der Waals surface area contributed by atoms with Crippen molar-refractivity contribution < 1.29 is 9.90 Å². The molecule has 1 unspecified atom stereocenters. The van der Waals surface area contributed by atoms with Gasteiger partial charge in [-0.2, -0.15) is 11.8 Å². The summed E-state index contributed by atoms with van der Waals surface area (Å²) in [5.41, 5.74) is 4.85. The second-order valence-corrected chi connectivity index (χ2v) is 5.75. The lowest BCUT2D eigenvalue weighted by Gasteiger charge is -2.23. The van der Waals surface area contributed by atoms with Crippen molar-refractivity contribution in [2.24, 2.45) is 11.7 Å². The molecule has 0 saturated carbocycles. The summed E-state index contributed by atoms with van der Waals surface area (Å²) < 4.78 is 0. The summed E-state index contributed by atoms with van der Waals surface area (Å²) in [4.78, 5) is 11.6. The number of nitrogens with one attached hydrogen (secondary N) is 1. The molecule has 16 heavy (non-hydrogen) atoms. The van der Waals surface area contributed by atoms with Gasteiger partial charge in [0, 0.05) is 12.3 Å². The Morgan fingerprint density at radius 3 is 2.56 bits per heavy atom. The van der Waals surface area contributed by atoms with E-state index in [9.17, 15) is 9.90 Å². The number of nitrogens with two attached hydrogens (primary N) is 1. The summed E-state index contributed by atoms with van der Waals surface area (Å²) in [6.07, 6.45) is 2.58. The molecule has 0 saturated heterocycles. The largest absolute Gasteiger partial charge is 0.387 e.